The number of nitrogens with one attached hydrogen (secondary N) is 1. The lowest BCUT2D eigenvalue weighted by atomic mass is 10.3. The van der Waals surface area contributed by atoms with Crippen molar-refractivity contribution in [3.8, 4) is 5.69 Å². The van der Waals surface area contributed by atoms with Crippen LogP contribution in [0.3, 0.4) is 0 Å². The highest BCUT2D eigenvalue weighted by molar-refractivity contribution is 9.10. The molecule has 3 aromatic rings. The molecule has 0 aliphatic carbocycles. The highest BCUT2D eigenvalue weighted by Crippen LogP contribution is 2.28. The summed E-state index contributed by atoms with van der Waals surface area (Å²) in [4.78, 5) is 12.4. The summed E-state index contributed by atoms with van der Waals surface area (Å²) in [5.74, 6) is -0.0697. The predicted molar refractivity (Wildman–Crippen MR) is 110 cm³/mol. The summed E-state index contributed by atoms with van der Waals surface area (Å²) in [6, 6.07) is 17.2. The topological polar surface area (TPSA) is 46.9 Å². The average molecular weight is 452 g/mol. The first-order valence-electron chi connectivity index (χ1n) is 7.41. The molecule has 0 aliphatic heterocycles. The van der Waals surface area contributed by atoms with Crippen LogP contribution >= 0.6 is 51.2 Å². The maximum Gasteiger partial charge on any atom is 0.237 e. The number of carbonyl (C=O) groups excluding carboxylic acids is 1. The lowest BCUT2D eigenvalue weighted by Crippen LogP contribution is -2.22. The second-order valence-corrected chi connectivity index (χ2v) is 9.26. The van der Waals surface area contributed by atoms with Gasteiger partial charge in [0, 0.05) is 10.2 Å². The van der Waals surface area contributed by atoms with Gasteiger partial charge in [-0.3, -0.25) is 4.79 Å². The van der Waals surface area contributed by atoms with Crippen LogP contribution in [0.15, 0.2) is 63.4 Å². The second-order valence-electron chi connectivity index (χ2n) is 5.14. The summed E-state index contributed by atoms with van der Waals surface area (Å²) in [5.41, 5.74) is 1.69. The van der Waals surface area contributed by atoms with Crippen molar-refractivity contribution in [3.05, 3.63) is 63.0 Å². The molecule has 0 spiro atoms. The van der Waals surface area contributed by atoms with E-state index in [1.165, 1.54) is 23.1 Å². The molecular formula is C17H14BrN3OS3. The number of para-hydroxylation sites is 1. The zero-order valence-corrected chi connectivity index (χ0v) is 17.2. The minimum atomic E-state index is -0.284. The van der Waals surface area contributed by atoms with Gasteiger partial charge in [0.05, 0.1) is 10.9 Å². The summed E-state index contributed by atoms with van der Waals surface area (Å²) in [5, 5.41) is 7.15. The molecule has 0 aliphatic rings. The molecule has 0 bridgehead atoms. The molecule has 2 aromatic carbocycles. The van der Waals surface area contributed by atoms with Crippen LogP contribution in [0.2, 0.25) is 0 Å². The normalized spacial score (nSPS) is 11.9. The summed E-state index contributed by atoms with van der Waals surface area (Å²) in [6.07, 6.45) is 0. The maximum absolute atomic E-state index is 12.4. The number of thioether (sulfide) groups is 1. The molecular weight excluding hydrogens is 438 g/mol. The van der Waals surface area contributed by atoms with E-state index in [9.17, 15) is 4.79 Å². The summed E-state index contributed by atoms with van der Waals surface area (Å²) >= 11 is 11.6. The van der Waals surface area contributed by atoms with Crippen molar-refractivity contribution >= 4 is 62.8 Å². The van der Waals surface area contributed by atoms with Crippen molar-refractivity contribution in [2.45, 2.75) is 16.5 Å². The fourth-order valence-electron chi connectivity index (χ4n) is 2.02. The average Bonchev–Trinajstić information content (AvgIpc) is 2.98. The third-order valence-corrected chi connectivity index (χ3v) is 6.23. The van der Waals surface area contributed by atoms with E-state index in [4.69, 9.17) is 12.2 Å². The summed E-state index contributed by atoms with van der Waals surface area (Å²) < 4.78 is 4.13. The minimum absolute atomic E-state index is 0.0697. The van der Waals surface area contributed by atoms with Gasteiger partial charge in [-0.05, 0) is 55.5 Å². The third kappa shape index (κ3) is 4.78. The first kappa shape index (κ1) is 18.3. The van der Waals surface area contributed by atoms with E-state index in [1.807, 2.05) is 61.5 Å². The van der Waals surface area contributed by atoms with Crippen LogP contribution in [0, 0.1) is 3.95 Å². The second kappa shape index (κ2) is 8.27. The molecule has 0 unspecified atom stereocenters. The Bertz CT molecular complexity index is 922. The number of hydrogen-bond acceptors (Lipinski definition) is 5. The first-order valence-corrected chi connectivity index (χ1v) is 10.3. The van der Waals surface area contributed by atoms with Crippen LogP contribution in [0.25, 0.3) is 5.69 Å². The molecule has 4 nitrogen and oxygen atoms in total. The van der Waals surface area contributed by atoms with Crippen LogP contribution in [-0.4, -0.2) is 20.9 Å². The van der Waals surface area contributed by atoms with Gasteiger partial charge in [0.1, 0.15) is 0 Å². The van der Waals surface area contributed by atoms with Gasteiger partial charge in [-0.2, -0.15) is 0 Å². The van der Waals surface area contributed by atoms with Gasteiger partial charge in [-0.25, -0.2) is 4.68 Å². The van der Waals surface area contributed by atoms with Crippen molar-refractivity contribution in [2.24, 2.45) is 0 Å². The Hall–Kier alpha value is -1.48. The monoisotopic (exact) mass is 451 g/mol. The van der Waals surface area contributed by atoms with Gasteiger partial charge in [-0.15, -0.1) is 5.10 Å². The Morgan fingerprint density at radius 1 is 1.24 bits per heavy atom. The molecule has 1 N–H and O–H groups in total. The van der Waals surface area contributed by atoms with Gasteiger partial charge in [0.15, 0.2) is 8.29 Å². The van der Waals surface area contributed by atoms with Crippen LogP contribution in [0.4, 0.5) is 5.69 Å². The Morgan fingerprint density at radius 3 is 2.60 bits per heavy atom. The molecule has 0 saturated heterocycles. The lowest BCUT2D eigenvalue weighted by Gasteiger charge is -2.10. The largest absolute Gasteiger partial charge is 0.325 e. The van der Waals surface area contributed by atoms with E-state index in [1.54, 1.807) is 4.68 Å². The highest BCUT2D eigenvalue weighted by Gasteiger charge is 2.17. The van der Waals surface area contributed by atoms with Crippen molar-refractivity contribution in [2.75, 3.05) is 5.32 Å². The molecule has 0 saturated carbocycles. The molecule has 0 fully saturated rings. The Balaban J connectivity index is 1.68. The Kier molecular flexibility index (Phi) is 6.06. The van der Waals surface area contributed by atoms with Gasteiger partial charge < -0.3 is 5.32 Å². The molecule has 3 rings (SSSR count). The van der Waals surface area contributed by atoms with E-state index in [0.717, 1.165) is 20.2 Å². The van der Waals surface area contributed by atoms with Crippen LogP contribution in [0.5, 0.6) is 0 Å². The zero-order chi connectivity index (χ0) is 17.8. The molecule has 1 aromatic heterocycles. The molecule has 1 heterocycles. The number of aromatic nitrogens is 2. The van der Waals surface area contributed by atoms with Crippen molar-refractivity contribution in [1.82, 2.24) is 9.78 Å². The van der Waals surface area contributed by atoms with Gasteiger partial charge in [-0.1, -0.05) is 57.2 Å². The molecule has 25 heavy (non-hydrogen) atoms. The smallest absolute Gasteiger partial charge is 0.237 e. The lowest BCUT2D eigenvalue weighted by molar-refractivity contribution is -0.115. The maximum atomic E-state index is 12.4. The van der Waals surface area contributed by atoms with Crippen molar-refractivity contribution < 1.29 is 4.79 Å². The number of anilines is 1. The van der Waals surface area contributed by atoms with Crippen LogP contribution in [-0.2, 0) is 4.79 Å². The number of benzene rings is 2. The van der Waals surface area contributed by atoms with Gasteiger partial charge in [0.25, 0.3) is 0 Å². The fraction of sp³-hybridized carbons (Fsp3) is 0.118. The number of rotatable bonds is 5. The van der Waals surface area contributed by atoms with E-state index < -0.39 is 0 Å². The van der Waals surface area contributed by atoms with E-state index in [2.05, 4.69) is 26.3 Å². The number of amides is 1. The number of nitrogens with zero attached hydrogens (tertiary/aromatic N) is 2. The van der Waals surface area contributed by atoms with Crippen LogP contribution < -0.4 is 5.32 Å². The van der Waals surface area contributed by atoms with Crippen LogP contribution in [0.1, 0.15) is 6.92 Å². The zero-order valence-electron chi connectivity index (χ0n) is 13.2. The fourth-order valence-corrected chi connectivity index (χ4v) is 4.79. The first-order chi connectivity index (χ1) is 12.0. The molecule has 1 amide bonds. The van der Waals surface area contributed by atoms with E-state index in [-0.39, 0.29) is 11.2 Å². The molecule has 1 atom stereocenters. The third-order valence-electron chi connectivity index (χ3n) is 3.29. The van der Waals surface area contributed by atoms with Gasteiger partial charge in [0.2, 0.25) is 5.91 Å². The van der Waals surface area contributed by atoms with Crippen molar-refractivity contribution in [1.29, 1.82) is 0 Å². The predicted octanol–water partition coefficient (Wildman–Crippen LogP) is 5.55. The molecule has 0 radical (unpaired) electrons. The molecule has 128 valence electrons. The Morgan fingerprint density at radius 2 is 1.92 bits per heavy atom. The van der Waals surface area contributed by atoms with E-state index >= 15 is 0 Å². The number of halogens is 1. The highest BCUT2D eigenvalue weighted by atomic mass is 79.9. The summed E-state index contributed by atoms with van der Waals surface area (Å²) in [6.45, 7) is 1.86. The van der Waals surface area contributed by atoms with E-state index in [0.29, 0.717) is 3.95 Å². The standard InChI is InChI=1S/C17H14BrN3OS3/c1-11(15(22)19-13-9-7-12(18)8-10-13)24-16-20-21(17(23)25-16)14-5-3-2-4-6-14/h2-11H,1H3,(H,19,22)/t11-/m0/s1. The van der Waals surface area contributed by atoms with Crippen molar-refractivity contribution in [3.63, 3.8) is 0 Å². The Labute approximate surface area is 167 Å². The SMILES string of the molecule is C[C@H](Sc1nn(-c2ccccc2)c(=S)s1)C(=O)Nc1ccc(Br)cc1. The molecule has 8 heteroatoms. The number of hydrogen-bond donors (Lipinski definition) is 1. The number of carbonyl (C=O) groups is 1. The summed E-state index contributed by atoms with van der Waals surface area (Å²) in [7, 11) is 0. The quantitative estimate of drug-likeness (QED) is 0.408. The van der Waals surface area contributed by atoms with Gasteiger partial charge >= 0.3 is 0 Å². The minimum Gasteiger partial charge on any atom is -0.325 e.